The van der Waals surface area contributed by atoms with Crippen LogP contribution in [-0.4, -0.2) is 40.1 Å². The number of carbonyl (C=O) groups is 2. The van der Waals surface area contributed by atoms with Crippen molar-refractivity contribution in [2.45, 2.75) is 32.1 Å². The van der Waals surface area contributed by atoms with Crippen LogP contribution in [0.4, 0.5) is 0 Å². The molecule has 1 amide bonds. The van der Waals surface area contributed by atoms with Crippen molar-refractivity contribution in [3.05, 3.63) is 52.9 Å². The summed E-state index contributed by atoms with van der Waals surface area (Å²) in [7, 11) is 0. The van der Waals surface area contributed by atoms with E-state index >= 15 is 0 Å². The molecule has 1 N–H and O–H groups in total. The third-order valence-corrected chi connectivity index (χ3v) is 4.41. The number of carboxylic acids is 1. The molecule has 0 aliphatic carbocycles. The van der Waals surface area contributed by atoms with Gasteiger partial charge in [-0.15, -0.1) is 0 Å². The fourth-order valence-electron chi connectivity index (χ4n) is 3.13. The number of rotatable bonds is 4. The van der Waals surface area contributed by atoms with Crippen molar-refractivity contribution in [2.24, 2.45) is 0 Å². The van der Waals surface area contributed by atoms with E-state index in [0.29, 0.717) is 12.3 Å². The molecule has 1 saturated heterocycles. The van der Waals surface area contributed by atoms with Gasteiger partial charge in [0.05, 0.1) is 17.7 Å². The Hall–Kier alpha value is -2.63. The molecule has 1 aromatic heterocycles. The molecule has 0 radical (unpaired) electrons. The molecule has 0 spiro atoms. The zero-order valence-corrected chi connectivity index (χ0v) is 13.6. The average Bonchev–Trinajstić information content (AvgIpc) is 3.00. The molecule has 1 aromatic carbocycles. The standard InChI is InChI=1S/C18H20N2O4/c1-12-9-16(24-19-12)10-17(21)20-8-2-3-15(11-20)13-4-6-14(7-5-13)18(22)23/h4-7,9,15H,2-3,8,10-11H2,1H3,(H,22,23)/t15-/m1/s1. The smallest absolute Gasteiger partial charge is 0.335 e. The summed E-state index contributed by atoms with van der Waals surface area (Å²) in [6.45, 7) is 3.23. The van der Waals surface area contributed by atoms with Crippen LogP contribution < -0.4 is 0 Å². The highest BCUT2D eigenvalue weighted by Crippen LogP contribution is 2.27. The van der Waals surface area contributed by atoms with E-state index in [0.717, 1.165) is 30.6 Å². The van der Waals surface area contributed by atoms with Gasteiger partial charge in [0.2, 0.25) is 5.91 Å². The van der Waals surface area contributed by atoms with Gasteiger partial charge in [-0.1, -0.05) is 17.3 Å². The van der Waals surface area contributed by atoms with Crippen molar-refractivity contribution >= 4 is 11.9 Å². The summed E-state index contributed by atoms with van der Waals surface area (Å²) < 4.78 is 5.12. The maximum absolute atomic E-state index is 12.5. The number of aryl methyl sites for hydroxylation is 1. The van der Waals surface area contributed by atoms with E-state index in [1.165, 1.54) is 0 Å². The lowest BCUT2D eigenvalue weighted by Gasteiger charge is -2.33. The minimum atomic E-state index is -0.927. The van der Waals surface area contributed by atoms with E-state index in [4.69, 9.17) is 9.63 Å². The van der Waals surface area contributed by atoms with Crippen LogP contribution in [0.15, 0.2) is 34.9 Å². The number of aromatic carboxylic acids is 1. The number of likely N-dealkylation sites (tertiary alicyclic amines) is 1. The van der Waals surface area contributed by atoms with Crippen LogP contribution in [-0.2, 0) is 11.2 Å². The Balaban J connectivity index is 1.65. The molecule has 6 heteroatoms. The number of carboxylic acid groups (broad SMARTS) is 1. The molecule has 2 heterocycles. The predicted octanol–water partition coefficient (Wildman–Crippen LogP) is 2.63. The summed E-state index contributed by atoms with van der Waals surface area (Å²) in [5.74, 6) is -0.0604. The van der Waals surface area contributed by atoms with Gasteiger partial charge in [-0.3, -0.25) is 4.79 Å². The molecule has 2 aromatic rings. The fraction of sp³-hybridized carbons (Fsp3) is 0.389. The third kappa shape index (κ3) is 3.64. The van der Waals surface area contributed by atoms with Gasteiger partial charge >= 0.3 is 5.97 Å². The minimum absolute atomic E-state index is 0.0398. The summed E-state index contributed by atoms with van der Waals surface area (Å²) in [6.07, 6.45) is 2.16. The summed E-state index contributed by atoms with van der Waals surface area (Å²) in [6, 6.07) is 8.72. The van der Waals surface area contributed by atoms with E-state index in [-0.39, 0.29) is 23.8 Å². The SMILES string of the molecule is Cc1cc(CC(=O)N2CCC[C@@H](c3ccc(C(=O)O)cc3)C2)on1. The van der Waals surface area contributed by atoms with Crippen molar-refractivity contribution in [1.29, 1.82) is 0 Å². The Kier molecular flexibility index (Phi) is 4.64. The Morgan fingerprint density at radius 3 is 2.71 bits per heavy atom. The quantitative estimate of drug-likeness (QED) is 0.933. The van der Waals surface area contributed by atoms with Gasteiger partial charge in [-0.2, -0.15) is 0 Å². The lowest BCUT2D eigenvalue weighted by Crippen LogP contribution is -2.39. The number of hydrogen-bond acceptors (Lipinski definition) is 4. The second-order valence-electron chi connectivity index (χ2n) is 6.22. The molecule has 0 saturated carbocycles. The fourth-order valence-corrected chi connectivity index (χ4v) is 3.13. The van der Waals surface area contributed by atoms with Crippen LogP contribution in [0.25, 0.3) is 0 Å². The maximum Gasteiger partial charge on any atom is 0.335 e. The van der Waals surface area contributed by atoms with Crippen LogP contribution in [0.3, 0.4) is 0 Å². The first-order chi connectivity index (χ1) is 11.5. The highest BCUT2D eigenvalue weighted by molar-refractivity contribution is 5.87. The Bertz CT molecular complexity index is 736. The summed E-state index contributed by atoms with van der Waals surface area (Å²) in [5.41, 5.74) is 2.13. The lowest BCUT2D eigenvalue weighted by molar-refractivity contribution is -0.132. The molecule has 1 aliphatic rings. The molecule has 24 heavy (non-hydrogen) atoms. The first kappa shape index (κ1) is 16.2. The average molecular weight is 328 g/mol. The Labute approximate surface area is 140 Å². The number of nitrogens with zero attached hydrogens (tertiary/aromatic N) is 2. The van der Waals surface area contributed by atoms with Gasteiger partial charge in [0.1, 0.15) is 5.76 Å². The first-order valence-electron chi connectivity index (χ1n) is 8.06. The molecule has 126 valence electrons. The van der Waals surface area contributed by atoms with E-state index in [2.05, 4.69) is 5.16 Å². The van der Waals surface area contributed by atoms with Gasteiger partial charge in [0.25, 0.3) is 0 Å². The number of benzene rings is 1. The molecule has 0 bridgehead atoms. The van der Waals surface area contributed by atoms with Crippen LogP contribution in [0.2, 0.25) is 0 Å². The normalized spacial score (nSPS) is 17.7. The molecule has 1 aliphatic heterocycles. The number of piperidine rings is 1. The van der Waals surface area contributed by atoms with E-state index in [9.17, 15) is 9.59 Å². The minimum Gasteiger partial charge on any atom is -0.478 e. The monoisotopic (exact) mass is 328 g/mol. The second kappa shape index (κ2) is 6.86. The molecular weight excluding hydrogens is 308 g/mol. The van der Waals surface area contributed by atoms with Crippen molar-refractivity contribution in [3.63, 3.8) is 0 Å². The van der Waals surface area contributed by atoms with Gasteiger partial charge in [-0.05, 0) is 37.5 Å². The van der Waals surface area contributed by atoms with Gasteiger partial charge < -0.3 is 14.5 Å². The predicted molar refractivity (Wildman–Crippen MR) is 86.9 cm³/mol. The van der Waals surface area contributed by atoms with Crippen molar-refractivity contribution in [1.82, 2.24) is 10.1 Å². The molecular formula is C18H20N2O4. The number of aromatic nitrogens is 1. The molecule has 3 rings (SSSR count). The van der Waals surface area contributed by atoms with Crippen LogP contribution in [0.1, 0.15) is 46.1 Å². The van der Waals surface area contributed by atoms with Crippen molar-refractivity contribution < 1.29 is 19.2 Å². The largest absolute Gasteiger partial charge is 0.478 e. The molecule has 1 fully saturated rings. The van der Waals surface area contributed by atoms with Crippen molar-refractivity contribution in [3.8, 4) is 0 Å². The van der Waals surface area contributed by atoms with Crippen molar-refractivity contribution in [2.75, 3.05) is 13.1 Å². The first-order valence-corrected chi connectivity index (χ1v) is 8.06. The zero-order valence-electron chi connectivity index (χ0n) is 13.6. The van der Waals surface area contributed by atoms with Gasteiger partial charge in [-0.25, -0.2) is 4.79 Å². The van der Waals surface area contributed by atoms with Gasteiger partial charge in [0.15, 0.2) is 0 Å². The Morgan fingerprint density at radius 2 is 2.08 bits per heavy atom. The zero-order chi connectivity index (χ0) is 17.1. The van der Waals surface area contributed by atoms with E-state index < -0.39 is 5.97 Å². The third-order valence-electron chi connectivity index (χ3n) is 4.41. The van der Waals surface area contributed by atoms with Crippen LogP contribution in [0, 0.1) is 6.92 Å². The van der Waals surface area contributed by atoms with Crippen LogP contribution >= 0.6 is 0 Å². The lowest BCUT2D eigenvalue weighted by atomic mass is 9.90. The van der Waals surface area contributed by atoms with Gasteiger partial charge in [0, 0.05) is 25.1 Å². The topological polar surface area (TPSA) is 83.6 Å². The Morgan fingerprint density at radius 1 is 1.33 bits per heavy atom. The highest BCUT2D eigenvalue weighted by atomic mass is 16.5. The van der Waals surface area contributed by atoms with E-state index in [1.54, 1.807) is 18.2 Å². The second-order valence-corrected chi connectivity index (χ2v) is 6.22. The summed E-state index contributed by atoms with van der Waals surface area (Å²) in [4.78, 5) is 25.3. The number of hydrogen-bond donors (Lipinski definition) is 1. The number of amides is 1. The van der Waals surface area contributed by atoms with Crippen LogP contribution in [0.5, 0.6) is 0 Å². The maximum atomic E-state index is 12.5. The van der Waals surface area contributed by atoms with E-state index in [1.807, 2.05) is 24.0 Å². The molecule has 6 nitrogen and oxygen atoms in total. The molecule has 0 unspecified atom stereocenters. The molecule has 1 atom stereocenters. The highest BCUT2D eigenvalue weighted by Gasteiger charge is 2.25. The summed E-state index contributed by atoms with van der Waals surface area (Å²) >= 11 is 0. The number of carbonyl (C=O) groups excluding carboxylic acids is 1. The summed E-state index contributed by atoms with van der Waals surface area (Å²) in [5, 5.41) is 12.8.